The largest absolute Gasteiger partial charge is 0.384 e. The molecule has 0 amide bonds. The van der Waals surface area contributed by atoms with Crippen LogP contribution in [0.5, 0.6) is 0 Å². The summed E-state index contributed by atoms with van der Waals surface area (Å²) in [5.74, 6) is 0.0590. The van der Waals surface area contributed by atoms with E-state index in [4.69, 9.17) is 22.7 Å². The van der Waals surface area contributed by atoms with E-state index < -0.39 is 0 Å². The fourth-order valence-corrected chi connectivity index (χ4v) is 3.16. The third-order valence-electron chi connectivity index (χ3n) is 4.41. The molecule has 2 rings (SSSR count). The van der Waals surface area contributed by atoms with Crippen LogP contribution in [0, 0.1) is 5.41 Å². The van der Waals surface area contributed by atoms with Crippen molar-refractivity contribution in [1.82, 2.24) is 9.80 Å². The number of nitrogens with two attached hydrogens (primary N) is 1. The van der Waals surface area contributed by atoms with Crippen molar-refractivity contribution in [3.05, 3.63) is 34.3 Å². The van der Waals surface area contributed by atoms with Crippen molar-refractivity contribution >= 4 is 17.4 Å². The fourth-order valence-electron chi connectivity index (χ4n) is 2.92. The molecular weight excluding hydrogens is 284 g/mol. The molecule has 0 unspecified atom stereocenters. The molecule has 1 aliphatic heterocycles. The molecule has 0 bridgehead atoms. The Kier molecular flexibility index (Phi) is 5.62. The van der Waals surface area contributed by atoms with Crippen molar-refractivity contribution < 1.29 is 0 Å². The number of nitrogens with zero attached hydrogens (tertiary/aromatic N) is 2. The maximum absolute atomic E-state index is 7.45. The normalized spacial score (nSPS) is 17.3. The highest BCUT2D eigenvalue weighted by molar-refractivity contribution is 6.31. The van der Waals surface area contributed by atoms with E-state index in [1.54, 1.807) is 6.07 Å². The van der Waals surface area contributed by atoms with Crippen LogP contribution in [-0.4, -0.2) is 48.4 Å². The summed E-state index contributed by atoms with van der Waals surface area (Å²) < 4.78 is 0. The average molecular weight is 309 g/mol. The highest BCUT2D eigenvalue weighted by Crippen LogP contribution is 2.22. The molecule has 0 atom stereocenters. The van der Waals surface area contributed by atoms with Gasteiger partial charge in [-0.05, 0) is 51.2 Å². The number of hydrogen-bond acceptors (Lipinski definition) is 3. The van der Waals surface area contributed by atoms with Gasteiger partial charge in [0.15, 0.2) is 0 Å². The van der Waals surface area contributed by atoms with Gasteiger partial charge >= 0.3 is 0 Å². The van der Waals surface area contributed by atoms with Crippen LogP contribution >= 0.6 is 11.6 Å². The predicted octanol–water partition coefficient (Wildman–Crippen LogP) is 2.54. The summed E-state index contributed by atoms with van der Waals surface area (Å²) in [7, 11) is 2.17. The van der Waals surface area contributed by atoms with Gasteiger partial charge in [-0.25, -0.2) is 0 Å². The lowest BCUT2D eigenvalue weighted by Crippen LogP contribution is -2.42. The zero-order valence-corrected chi connectivity index (χ0v) is 13.7. The first-order valence-corrected chi connectivity index (χ1v) is 7.94. The van der Waals surface area contributed by atoms with Crippen molar-refractivity contribution in [2.45, 2.75) is 32.4 Å². The van der Waals surface area contributed by atoms with Crippen molar-refractivity contribution in [2.75, 3.05) is 26.7 Å². The zero-order valence-electron chi connectivity index (χ0n) is 12.9. The van der Waals surface area contributed by atoms with Gasteiger partial charge in [0.2, 0.25) is 0 Å². The molecule has 0 radical (unpaired) electrons. The van der Waals surface area contributed by atoms with Crippen LogP contribution in [0.4, 0.5) is 0 Å². The van der Waals surface area contributed by atoms with Gasteiger partial charge in [0.1, 0.15) is 5.84 Å². The van der Waals surface area contributed by atoms with Crippen LogP contribution < -0.4 is 5.73 Å². The molecule has 116 valence electrons. The average Bonchev–Trinajstić information content (AvgIpc) is 2.49. The number of halogens is 1. The first kappa shape index (κ1) is 16.3. The van der Waals surface area contributed by atoms with Crippen LogP contribution in [-0.2, 0) is 6.54 Å². The first-order valence-electron chi connectivity index (χ1n) is 7.56. The Morgan fingerprint density at radius 3 is 2.62 bits per heavy atom. The number of likely N-dealkylation sites (tertiary alicyclic amines) is 1. The smallest absolute Gasteiger partial charge is 0.122 e. The second-order valence-corrected chi connectivity index (χ2v) is 6.21. The second-order valence-electron chi connectivity index (χ2n) is 5.80. The Hall–Kier alpha value is -1.10. The molecule has 1 aliphatic rings. The van der Waals surface area contributed by atoms with E-state index in [1.807, 2.05) is 12.1 Å². The topological polar surface area (TPSA) is 56.4 Å². The Bertz CT molecular complexity index is 495. The SMILES string of the molecule is CCN1CCC(N(C)Cc2ccc(C(=N)N)cc2Cl)CC1. The highest BCUT2D eigenvalue weighted by atomic mass is 35.5. The molecule has 1 aromatic carbocycles. The third-order valence-corrected chi connectivity index (χ3v) is 4.76. The van der Waals surface area contributed by atoms with E-state index in [1.165, 1.54) is 25.9 Å². The number of nitrogens with one attached hydrogen (secondary N) is 1. The summed E-state index contributed by atoms with van der Waals surface area (Å²) in [4.78, 5) is 4.89. The minimum Gasteiger partial charge on any atom is -0.384 e. The van der Waals surface area contributed by atoms with E-state index in [-0.39, 0.29) is 5.84 Å². The standard InChI is InChI=1S/C16H25ClN4/c1-3-21-8-6-14(7-9-21)20(2)11-13-5-4-12(16(18)19)10-15(13)17/h4-5,10,14H,3,6-9,11H2,1-2H3,(H3,18,19). The van der Waals surface area contributed by atoms with Gasteiger partial charge in [0, 0.05) is 23.2 Å². The van der Waals surface area contributed by atoms with E-state index >= 15 is 0 Å². The maximum atomic E-state index is 7.45. The molecule has 1 heterocycles. The monoisotopic (exact) mass is 308 g/mol. The Morgan fingerprint density at radius 2 is 2.10 bits per heavy atom. The van der Waals surface area contributed by atoms with Gasteiger partial charge in [0.05, 0.1) is 0 Å². The van der Waals surface area contributed by atoms with Crippen LogP contribution in [0.25, 0.3) is 0 Å². The lowest BCUT2D eigenvalue weighted by molar-refractivity contribution is 0.127. The Balaban J connectivity index is 1.96. The van der Waals surface area contributed by atoms with E-state index in [0.717, 1.165) is 18.7 Å². The summed E-state index contributed by atoms with van der Waals surface area (Å²) in [5, 5.41) is 8.14. The number of nitrogen functional groups attached to an aromatic ring is 1. The van der Waals surface area contributed by atoms with Gasteiger partial charge in [-0.3, -0.25) is 10.3 Å². The molecule has 0 saturated carbocycles. The lowest BCUT2D eigenvalue weighted by atomic mass is 10.0. The van der Waals surface area contributed by atoms with Crippen LogP contribution in [0.15, 0.2) is 18.2 Å². The number of amidine groups is 1. The number of rotatable bonds is 5. The van der Waals surface area contributed by atoms with Gasteiger partial charge < -0.3 is 10.6 Å². The predicted molar refractivity (Wildman–Crippen MR) is 89.1 cm³/mol. The minimum absolute atomic E-state index is 0.0590. The number of piperidine rings is 1. The van der Waals surface area contributed by atoms with Crippen molar-refractivity contribution in [2.24, 2.45) is 5.73 Å². The molecule has 1 aromatic rings. The zero-order chi connectivity index (χ0) is 15.4. The fraction of sp³-hybridized carbons (Fsp3) is 0.562. The third kappa shape index (κ3) is 4.19. The van der Waals surface area contributed by atoms with Crippen LogP contribution in [0.3, 0.4) is 0 Å². The van der Waals surface area contributed by atoms with E-state index in [9.17, 15) is 0 Å². The summed E-state index contributed by atoms with van der Waals surface area (Å²) in [6, 6.07) is 6.26. The lowest BCUT2D eigenvalue weighted by Gasteiger charge is -2.36. The van der Waals surface area contributed by atoms with Crippen molar-refractivity contribution in [1.29, 1.82) is 5.41 Å². The molecule has 1 fully saturated rings. The van der Waals surface area contributed by atoms with E-state index in [2.05, 4.69) is 23.8 Å². The van der Waals surface area contributed by atoms with Gasteiger partial charge in [-0.1, -0.05) is 30.7 Å². The maximum Gasteiger partial charge on any atom is 0.122 e. The summed E-state index contributed by atoms with van der Waals surface area (Å²) in [5.41, 5.74) is 7.27. The quantitative estimate of drug-likeness (QED) is 0.649. The molecule has 1 saturated heterocycles. The molecule has 21 heavy (non-hydrogen) atoms. The Labute approximate surface area is 132 Å². The Morgan fingerprint density at radius 1 is 1.43 bits per heavy atom. The number of hydrogen-bond donors (Lipinski definition) is 2. The summed E-state index contributed by atoms with van der Waals surface area (Å²) >= 11 is 6.31. The molecule has 3 N–H and O–H groups in total. The highest BCUT2D eigenvalue weighted by Gasteiger charge is 2.22. The van der Waals surface area contributed by atoms with Gasteiger partial charge in [-0.2, -0.15) is 0 Å². The molecule has 0 spiro atoms. The molecular formula is C16H25ClN4. The molecule has 0 aliphatic carbocycles. The van der Waals surface area contributed by atoms with Crippen molar-refractivity contribution in [3.63, 3.8) is 0 Å². The van der Waals surface area contributed by atoms with Crippen molar-refractivity contribution in [3.8, 4) is 0 Å². The summed E-state index contributed by atoms with van der Waals surface area (Å²) in [6.45, 7) is 6.58. The minimum atomic E-state index is 0.0590. The van der Waals surface area contributed by atoms with Gasteiger partial charge in [-0.15, -0.1) is 0 Å². The second kappa shape index (κ2) is 7.25. The first-order chi connectivity index (χ1) is 10.0. The number of benzene rings is 1. The summed E-state index contributed by atoms with van der Waals surface area (Å²) in [6.07, 6.45) is 2.43. The molecule has 5 heteroatoms. The van der Waals surface area contributed by atoms with Gasteiger partial charge in [0.25, 0.3) is 0 Å². The van der Waals surface area contributed by atoms with Crippen LogP contribution in [0.2, 0.25) is 5.02 Å². The molecule has 0 aromatic heterocycles. The molecule has 4 nitrogen and oxygen atoms in total. The van der Waals surface area contributed by atoms with E-state index in [0.29, 0.717) is 16.6 Å². The van der Waals surface area contributed by atoms with Crippen LogP contribution in [0.1, 0.15) is 30.9 Å².